The molecule has 0 saturated carbocycles. The number of aromatic nitrogens is 1. The Morgan fingerprint density at radius 1 is 1.22 bits per heavy atom. The van der Waals surface area contributed by atoms with Crippen LogP contribution < -0.4 is 11.2 Å². The van der Waals surface area contributed by atoms with Crippen LogP contribution in [0.25, 0.3) is 0 Å². The summed E-state index contributed by atoms with van der Waals surface area (Å²) in [5.74, 6) is 6.01. The standard InChI is InChI=1S/C22H30N6O4/c1-22(2,13-14-30-4)32-21(29)26-18-12-8-11-17(25-18)15-31-27-19(20(23)28(3)24)16-9-6-5-7-10-16/h5-12,23H,13-15,24H2,1-4H3,(H,25,26,29)/b23-20?,27-19-. The molecule has 0 aliphatic heterocycles. The van der Waals surface area contributed by atoms with Gasteiger partial charge in [0.05, 0.1) is 5.69 Å². The van der Waals surface area contributed by atoms with Gasteiger partial charge in [-0.25, -0.2) is 15.6 Å². The number of carbonyl (C=O) groups excluding carboxylic acids is 1. The quantitative estimate of drug-likeness (QED) is 0.223. The fourth-order valence-corrected chi connectivity index (χ4v) is 2.57. The van der Waals surface area contributed by atoms with Crippen LogP contribution in [0.15, 0.2) is 53.7 Å². The summed E-state index contributed by atoms with van der Waals surface area (Å²) in [4.78, 5) is 22.0. The molecule has 1 amide bonds. The summed E-state index contributed by atoms with van der Waals surface area (Å²) >= 11 is 0. The number of methoxy groups -OCH3 is 1. The van der Waals surface area contributed by atoms with Crippen molar-refractivity contribution in [2.45, 2.75) is 32.5 Å². The van der Waals surface area contributed by atoms with Crippen LogP contribution in [-0.2, 0) is 20.9 Å². The number of ether oxygens (including phenoxy) is 2. The normalized spacial score (nSPS) is 11.6. The summed E-state index contributed by atoms with van der Waals surface area (Å²) in [5.41, 5.74) is 0.832. The fraction of sp³-hybridized carbons (Fsp3) is 0.364. The molecule has 2 aromatic rings. The number of amidine groups is 1. The molecule has 0 unspecified atom stereocenters. The van der Waals surface area contributed by atoms with E-state index in [0.717, 1.165) is 5.01 Å². The minimum Gasteiger partial charge on any atom is -0.443 e. The van der Waals surface area contributed by atoms with Crippen molar-refractivity contribution in [3.05, 3.63) is 59.8 Å². The Balaban J connectivity index is 2.02. The Labute approximate surface area is 187 Å². The van der Waals surface area contributed by atoms with Gasteiger partial charge >= 0.3 is 6.09 Å². The third kappa shape index (κ3) is 7.97. The van der Waals surface area contributed by atoms with Crippen LogP contribution in [-0.4, -0.2) is 54.0 Å². The zero-order chi connectivity index (χ0) is 23.6. The zero-order valence-corrected chi connectivity index (χ0v) is 18.8. The van der Waals surface area contributed by atoms with Gasteiger partial charge in [0.1, 0.15) is 11.4 Å². The van der Waals surface area contributed by atoms with Crippen LogP contribution in [0.2, 0.25) is 0 Å². The third-order valence-electron chi connectivity index (χ3n) is 4.31. The van der Waals surface area contributed by atoms with E-state index in [0.29, 0.717) is 30.1 Å². The maximum absolute atomic E-state index is 12.2. The molecule has 2 rings (SSSR count). The van der Waals surface area contributed by atoms with Crippen LogP contribution in [0.1, 0.15) is 31.5 Å². The second-order valence-electron chi connectivity index (χ2n) is 7.57. The van der Waals surface area contributed by atoms with Crippen LogP contribution >= 0.6 is 0 Å². The number of oxime groups is 1. The van der Waals surface area contributed by atoms with E-state index in [-0.39, 0.29) is 18.2 Å². The Morgan fingerprint density at radius 3 is 2.59 bits per heavy atom. The molecular weight excluding hydrogens is 412 g/mol. The van der Waals surface area contributed by atoms with Gasteiger partial charge in [-0.05, 0) is 26.0 Å². The first-order chi connectivity index (χ1) is 15.2. The molecule has 10 heteroatoms. The van der Waals surface area contributed by atoms with Crippen molar-refractivity contribution in [2.24, 2.45) is 11.0 Å². The molecule has 4 N–H and O–H groups in total. The number of hydrazine groups is 1. The first kappa shape index (κ1) is 24.8. The summed E-state index contributed by atoms with van der Waals surface area (Å²) in [5, 5.41) is 16.0. The lowest BCUT2D eigenvalue weighted by molar-refractivity contribution is 0.0225. The highest BCUT2D eigenvalue weighted by atomic mass is 16.6. The number of carbonyl (C=O) groups is 1. The number of nitrogens with zero attached hydrogens (tertiary/aromatic N) is 3. The Hall–Kier alpha value is -3.50. The largest absolute Gasteiger partial charge is 0.443 e. The number of hydrogen-bond acceptors (Lipinski definition) is 8. The van der Waals surface area contributed by atoms with Gasteiger partial charge in [-0.15, -0.1) is 0 Å². The third-order valence-corrected chi connectivity index (χ3v) is 4.31. The lowest BCUT2D eigenvalue weighted by Gasteiger charge is -2.24. The highest BCUT2D eigenvalue weighted by Gasteiger charge is 2.23. The first-order valence-corrected chi connectivity index (χ1v) is 9.99. The molecule has 32 heavy (non-hydrogen) atoms. The molecule has 1 heterocycles. The van der Waals surface area contributed by atoms with Crippen LogP contribution in [0.5, 0.6) is 0 Å². The fourth-order valence-electron chi connectivity index (χ4n) is 2.57. The summed E-state index contributed by atoms with van der Waals surface area (Å²) in [6.07, 6.45) is -0.0482. The lowest BCUT2D eigenvalue weighted by atomic mass is 10.1. The predicted octanol–water partition coefficient (Wildman–Crippen LogP) is 3.15. The van der Waals surface area contributed by atoms with Crippen molar-refractivity contribution in [1.29, 1.82) is 5.41 Å². The zero-order valence-electron chi connectivity index (χ0n) is 18.8. The molecule has 0 atom stereocenters. The van der Waals surface area contributed by atoms with Crippen molar-refractivity contribution in [1.82, 2.24) is 9.99 Å². The number of anilines is 1. The Kier molecular flexibility index (Phi) is 9.11. The number of amides is 1. The topological polar surface area (TPSA) is 135 Å². The maximum Gasteiger partial charge on any atom is 0.413 e. The van der Waals surface area contributed by atoms with E-state index in [1.165, 1.54) is 0 Å². The lowest BCUT2D eigenvalue weighted by Crippen LogP contribution is -2.38. The summed E-state index contributed by atoms with van der Waals surface area (Å²) in [7, 11) is 3.14. The summed E-state index contributed by atoms with van der Waals surface area (Å²) in [6.45, 7) is 4.12. The van der Waals surface area contributed by atoms with Crippen molar-refractivity contribution in [3.63, 3.8) is 0 Å². The number of likely N-dealkylation sites (N-methyl/N-ethyl adjacent to an activating group) is 1. The van der Waals surface area contributed by atoms with Gasteiger partial charge in [0.15, 0.2) is 18.2 Å². The van der Waals surface area contributed by atoms with Crippen LogP contribution in [0, 0.1) is 5.41 Å². The van der Waals surface area contributed by atoms with Gasteiger partial charge < -0.3 is 14.3 Å². The van der Waals surface area contributed by atoms with Crippen molar-refractivity contribution in [3.8, 4) is 0 Å². The number of benzene rings is 1. The van der Waals surface area contributed by atoms with E-state index in [2.05, 4.69) is 15.5 Å². The molecule has 0 saturated heterocycles. The molecule has 1 aromatic heterocycles. The predicted molar refractivity (Wildman–Crippen MR) is 122 cm³/mol. The molecule has 0 bridgehead atoms. The van der Waals surface area contributed by atoms with Gasteiger partial charge in [-0.3, -0.25) is 15.7 Å². The van der Waals surface area contributed by atoms with Crippen molar-refractivity contribution in [2.75, 3.05) is 26.1 Å². The Morgan fingerprint density at radius 2 is 1.94 bits per heavy atom. The number of nitrogens with two attached hydrogens (primary N) is 1. The number of rotatable bonds is 10. The molecule has 0 fully saturated rings. The molecule has 0 aliphatic rings. The van der Waals surface area contributed by atoms with Crippen molar-refractivity contribution < 1.29 is 19.1 Å². The average Bonchev–Trinajstić information content (AvgIpc) is 2.75. The van der Waals surface area contributed by atoms with E-state index in [9.17, 15) is 4.79 Å². The minimum atomic E-state index is -0.677. The van der Waals surface area contributed by atoms with E-state index in [1.54, 1.807) is 32.4 Å². The molecular formula is C22H30N6O4. The number of pyridine rings is 1. The first-order valence-electron chi connectivity index (χ1n) is 9.99. The SMILES string of the molecule is COCCC(C)(C)OC(=O)Nc1cccc(CO/N=C(\C(=N)N(C)N)c2ccccc2)n1. The second kappa shape index (κ2) is 11.8. The highest BCUT2D eigenvalue weighted by Crippen LogP contribution is 2.16. The summed E-state index contributed by atoms with van der Waals surface area (Å²) in [6, 6.07) is 14.3. The minimum absolute atomic E-state index is 0.00147. The molecule has 0 radical (unpaired) electrons. The van der Waals surface area contributed by atoms with Gasteiger partial charge in [0.2, 0.25) is 0 Å². The van der Waals surface area contributed by atoms with E-state index >= 15 is 0 Å². The summed E-state index contributed by atoms with van der Waals surface area (Å²) < 4.78 is 10.5. The average molecular weight is 443 g/mol. The number of nitrogens with one attached hydrogen (secondary N) is 2. The van der Waals surface area contributed by atoms with Gasteiger partial charge in [-0.1, -0.05) is 41.6 Å². The van der Waals surface area contributed by atoms with E-state index in [1.807, 2.05) is 44.2 Å². The van der Waals surface area contributed by atoms with Gasteiger partial charge in [0.25, 0.3) is 0 Å². The molecule has 1 aromatic carbocycles. The molecule has 10 nitrogen and oxygen atoms in total. The van der Waals surface area contributed by atoms with E-state index < -0.39 is 11.7 Å². The van der Waals surface area contributed by atoms with E-state index in [4.69, 9.17) is 25.6 Å². The molecule has 172 valence electrons. The van der Waals surface area contributed by atoms with Gasteiger partial charge in [-0.2, -0.15) is 0 Å². The smallest absolute Gasteiger partial charge is 0.413 e. The monoisotopic (exact) mass is 442 g/mol. The maximum atomic E-state index is 12.2. The second-order valence-corrected chi connectivity index (χ2v) is 7.57. The van der Waals surface area contributed by atoms with Gasteiger partial charge in [0, 0.05) is 32.7 Å². The molecule has 0 spiro atoms. The van der Waals surface area contributed by atoms with Crippen LogP contribution in [0.3, 0.4) is 0 Å². The molecule has 0 aliphatic carbocycles. The van der Waals surface area contributed by atoms with Crippen molar-refractivity contribution >= 4 is 23.5 Å². The number of hydrogen-bond donors (Lipinski definition) is 3. The highest BCUT2D eigenvalue weighted by molar-refractivity contribution is 6.46. The van der Waals surface area contributed by atoms with Crippen LogP contribution in [0.4, 0.5) is 10.6 Å². The Bertz CT molecular complexity index is 931.